The lowest BCUT2D eigenvalue weighted by Crippen LogP contribution is -2.24. The van der Waals surface area contributed by atoms with E-state index in [0.29, 0.717) is 24.0 Å². The van der Waals surface area contributed by atoms with Crippen molar-refractivity contribution in [3.63, 3.8) is 0 Å². The van der Waals surface area contributed by atoms with Crippen molar-refractivity contribution >= 4 is 0 Å². The van der Waals surface area contributed by atoms with E-state index in [-0.39, 0.29) is 0 Å². The van der Waals surface area contributed by atoms with Crippen molar-refractivity contribution in [1.29, 1.82) is 0 Å². The Labute approximate surface area is 103 Å². The van der Waals surface area contributed by atoms with Gasteiger partial charge in [-0.2, -0.15) is 0 Å². The molecule has 0 aliphatic heterocycles. The zero-order valence-corrected chi connectivity index (χ0v) is 10.3. The molecular formula is C12H15N3O3. The number of rotatable bonds is 4. The van der Waals surface area contributed by atoms with Gasteiger partial charge in [0.2, 0.25) is 0 Å². The van der Waals surface area contributed by atoms with Crippen LogP contribution in [0.3, 0.4) is 0 Å². The maximum absolute atomic E-state index is 11.4. The third kappa shape index (κ3) is 2.53. The molecule has 6 heteroatoms. The monoisotopic (exact) mass is 249 g/mol. The molecule has 0 fully saturated rings. The van der Waals surface area contributed by atoms with Gasteiger partial charge in [0.15, 0.2) is 0 Å². The van der Waals surface area contributed by atoms with Crippen molar-refractivity contribution in [3.8, 4) is 11.4 Å². The molecule has 0 bridgehead atoms. The molecule has 18 heavy (non-hydrogen) atoms. The lowest BCUT2D eigenvalue weighted by atomic mass is 10.2. The summed E-state index contributed by atoms with van der Waals surface area (Å²) in [5.74, 6) is 1.16. The molecule has 2 rings (SSSR count). The molecule has 96 valence electrons. The highest BCUT2D eigenvalue weighted by Crippen LogP contribution is 2.14. The zero-order chi connectivity index (χ0) is 13.1. The first-order valence-corrected chi connectivity index (χ1v) is 5.71. The minimum atomic E-state index is -0.490. The van der Waals surface area contributed by atoms with Crippen LogP contribution in [0.5, 0.6) is 5.75 Å². The fraction of sp³-hybridized carbons (Fsp3) is 0.333. The van der Waals surface area contributed by atoms with Crippen molar-refractivity contribution in [1.82, 2.24) is 14.8 Å². The molecular weight excluding hydrogens is 234 g/mol. The van der Waals surface area contributed by atoms with Crippen LogP contribution < -0.4 is 16.1 Å². The van der Waals surface area contributed by atoms with E-state index in [1.807, 2.05) is 0 Å². The Balaban J connectivity index is 2.23. The fourth-order valence-electron chi connectivity index (χ4n) is 1.50. The Kier molecular flexibility index (Phi) is 3.36. The molecule has 0 radical (unpaired) electrons. The first-order chi connectivity index (χ1) is 8.58. The number of nitrogens with one attached hydrogen (secondary N) is 2. The molecule has 1 aromatic heterocycles. The van der Waals surface area contributed by atoms with E-state index in [2.05, 4.69) is 24.0 Å². The van der Waals surface area contributed by atoms with Gasteiger partial charge in [0, 0.05) is 0 Å². The quantitative estimate of drug-likeness (QED) is 0.844. The van der Waals surface area contributed by atoms with Gasteiger partial charge in [-0.3, -0.25) is 0 Å². The molecule has 6 nitrogen and oxygen atoms in total. The minimum absolute atomic E-state index is 0.444. The van der Waals surface area contributed by atoms with Crippen LogP contribution in [0, 0.1) is 5.92 Å². The summed E-state index contributed by atoms with van der Waals surface area (Å²) in [6.45, 7) is 4.75. The van der Waals surface area contributed by atoms with Crippen LogP contribution in [0.15, 0.2) is 33.9 Å². The molecule has 0 spiro atoms. The molecule has 0 saturated heterocycles. The van der Waals surface area contributed by atoms with Gasteiger partial charge >= 0.3 is 11.4 Å². The molecule has 0 aliphatic rings. The molecule has 2 aromatic rings. The van der Waals surface area contributed by atoms with Crippen LogP contribution in [-0.2, 0) is 0 Å². The van der Waals surface area contributed by atoms with Crippen LogP contribution in [0.1, 0.15) is 13.8 Å². The molecule has 0 unspecified atom stereocenters. The second-order valence-electron chi connectivity index (χ2n) is 4.39. The van der Waals surface area contributed by atoms with Gasteiger partial charge in [-0.25, -0.2) is 24.4 Å². The van der Waals surface area contributed by atoms with Crippen molar-refractivity contribution < 1.29 is 4.74 Å². The Hall–Kier alpha value is -2.24. The summed E-state index contributed by atoms with van der Waals surface area (Å²) < 4.78 is 6.54. The summed E-state index contributed by atoms with van der Waals surface area (Å²) in [6, 6.07) is 6.80. The molecule has 0 saturated carbocycles. The van der Waals surface area contributed by atoms with Gasteiger partial charge in [-0.15, -0.1) is 0 Å². The number of benzene rings is 1. The van der Waals surface area contributed by atoms with Crippen LogP contribution in [0.4, 0.5) is 0 Å². The van der Waals surface area contributed by atoms with Gasteiger partial charge in [0.05, 0.1) is 12.3 Å². The van der Waals surface area contributed by atoms with E-state index in [0.717, 1.165) is 4.57 Å². The number of aromatic nitrogens is 3. The summed E-state index contributed by atoms with van der Waals surface area (Å²) >= 11 is 0. The lowest BCUT2D eigenvalue weighted by Gasteiger charge is -2.08. The van der Waals surface area contributed by atoms with Crippen molar-refractivity contribution in [3.05, 3.63) is 45.2 Å². The van der Waals surface area contributed by atoms with E-state index in [1.165, 1.54) is 0 Å². The first-order valence-electron chi connectivity index (χ1n) is 5.71. The molecule has 2 N–H and O–H groups in total. The maximum atomic E-state index is 11.4. The van der Waals surface area contributed by atoms with Gasteiger partial charge in [-0.05, 0) is 30.2 Å². The maximum Gasteiger partial charge on any atom is 0.348 e. The zero-order valence-electron chi connectivity index (χ0n) is 10.3. The summed E-state index contributed by atoms with van der Waals surface area (Å²) in [5.41, 5.74) is -0.480. The smallest absolute Gasteiger partial charge is 0.348 e. The normalized spacial score (nSPS) is 10.8. The van der Waals surface area contributed by atoms with Crippen molar-refractivity contribution in [2.24, 2.45) is 5.92 Å². The van der Waals surface area contributed by atoms with Gasteiger partial charge in [-0.1, -0.05) is 13.8 Å². The highest BCUT2D eigenvalue weighted by Gasteiger charge is 2.05. The van der Waals surface area contributed by atoms with Crippen molar-refractivity contribution in [2.45, 2.75) is 13.8 Å². The molecule has 0 atom stereocenters. The third-order valence-electron chi connectivity index (χ3n) is 2.36. The second kappa shape index (κ2) is 4.95. The number of nitrogens with zero attached hydrogens (tertiary/aromatic N) is 1. The van der Waals surface area contributed by atoms with Crippen LogP contribution in [0.25, 0.3) is 5.69 Å². The van der Waals surface area contributed by atoms with E-state index < -0.39 is 11.4 Å². The number of hydrogen-bond donors (Lipinski definition) is 2. The molecule has 1 aromatic carbocycles. The standard InChI is InChI=1S/C12H15N3O3/c1-8(2)7-18-10-5-3-9(4-6-10)15-11(16)13-14-12(15)17/h3-6,8H,7H2,1-2H3,(H,13,16)(H,14,17). The van der Waals surface area contributed by atoms with Gasteiger partial charge in [0.25, 0.3) is 0 Å². The largest absolute Gasteiger partial charge is 0.493 e. The van der Waals surface area contributed by atoms with E-state index in [1.54, 1.807) is 24.3 Å². The van der Waals surface area contributed by atoms with E-state index >= 15 is 0 Å². The average Bonchev–Trinajstić information content (AvgIpc) is 2.67. The van der Waals surface area contributed by atoms with E-state index in [4.69, 9.17) is 4.74 Å². The summed E-state index contributed by atoms with van der Waals surface area (Å²) in [4.78, 5) is 22.8. The average molecular weight is 249 g/mol. The number of aromatic amines is 2. The Morgan fingerprint density at radius 1 is 1.11 bits per heavy atom. The number of ether oxygens (including phenoxy) is 1. The SMILES string of the molecule is CC(C)COc1ccc(-n2c(=O)[nH][nH]c2=O)cc1. The molecule has 0 aliphatic carbocycles. The third-order valence-corrected chi connectivity index (χ3v) is 2.36. The predicted molar refractivity (Wildman–Crippen MR) is 67.3 cm³/mol. The second-order valence-corrected chi connectivity index (χ2v) is 4.39. The number of hydrogen-bond acceptors (Lipinski definition) is 3. The van der Waals surface area contributed by atoms with E-state index in [9.17, 15) is 9.59 Å². The van der Waals surface area contributed by atoms with Gasteiger partial charge < -0.3 is 4.74 Å². The summed E-state index contributed by atoms with van der Waals surface area (Å²) in [5, 5.41) is 4.46. The Bertz CT molecular complexity index is 592. The molecule has 1 heterocycles. The first kappa shape index (κ1) is 12.2. The minimum Gasteiger partial charge on any atom is -0.493 e. The van der Waals surface area contributed by atoms with Crippen LogP contribution in [0.2, 0.25) is 0 Å². The topological polar surface area (TPSA) is 79.9 Å². The van der Waals surface area contributed by atoms with Crippen molar-refractivity contribution in [2.75, 3.05) is 6.61 Å². The summed E-state index contributed by atoms with van der Waals surface area (Å²) in [7, 11) is 0. The van der Waals surface area contributed by atoms with Gasteiger partial charge in [0.1, 0.15) is 5.75 Å². The van der Waals surface area contributed by atoms with Crippen LogP contribution >= 0.6 is 0 Å². The number of H-pyrrole nitrogens is 2. The van der Waals surface area contributed by atoms with Crippen LogP contribution in [-0.4, -0.2) is 21.4 Å². The highest BCUT2D eigenvalue weighted by atomic mass is 16.5. The predicted octanol–water partition coefficient (Wildman–Crippen LogP) is 0.889. The Morgan fingerprint density at radius 2 is 1.67 bits per heavy atom. The fourth-order valence-corrected chi connectivity index (χ4v) is 1.50. The Morgan fingerprint density at radius 3 is 2.17 bits per heavy atom. The summed E-state index contributed by atoms with van der Waals surface area (Å²) in [6.07, 6.45) is 0. The molecule has 0 amide bonds. The highest BCUT2D eigenvalue weighted by molar-refractivity contribution is 5.36. The lowest BCUT2D eigenvalue weighted by molar-refractivity contribution is 0.271.